The lowest BCUT2D eigenvalue weighted by Gasteiger charge is -2.03. The van der Waals surface area contributed by atoms with Gasteiger partial charge in [-0.15, -0.1) is 0 Å². The number of anilines is 1. The first-order chi connectivity index (χ1) is 5.57. The van der Waals surface area contributed by atoms with E-state index in [1.165, 1.54) is 6.07 Å². The molecule has 62 valence electrons. The SMILES string of the molecule is N#Cc1cc(I)c(N)c(F)c1Br. The molecular weight excluding hydrogens is 338 g/mol. The highest BCUT2D eigenvalue weighted by atomic mass is 127. The molecule has 1 rings (SSSR count). The van der Waals surface area contributed by atoms with Crippen LogP contribution in [0.5, 0.6) is 0 Å². The van der Waals surface area contributed by atoms with Gasteiger partial charge in [-0.25, -0.2) is 4.39 Å². The van der Waals surface area contributed by atoms with Gasteiger partial charge in [0.15, 0.2) is 5.82 Å². The van der Waals surface area contributed by atoms with E-state index in [0.29, 0.717) is 3.57 Å². The predicted molar refractivity (Wildman–Crippen MR) is 55.9 cm³/mol. The summed E-state index contributed by atoms with van der Waals surface area (Å²) in [4.78, 5) is 0. The minimum atomic E-state index is -0.571. The lowest BCUT2D eigenvalue weighted by Crippen LogP contribution is -1.97. The summed E-state index contributed by atoms with van der Waals surface area (Å²) in [6, 6.07) is 3.39. The first-order valence-corrected chi connectivity index (χ1v) is 4.78. The molecule has 0 bridgehead atoms. The van der Waals surface area contributed by atoms with Crippen molar-refractivity contribution in [3.8, 4) is 6.07 Å². The van der Waals surface area contributed by atoms with Gasteiger partial charge in [-0.2, -0.15) is 5.26 Å². The molecule has 0 unspecified atom stereocenters. The van der Waals surface area contributed by atoms with Gasteiger partial charge >= 0.3 is 0 Å². The summed E-state index contributed by atoms with van der Waals surface area (Å²) in [5.41, 5.74) is 5.71. The summed E-state index contributed by atoms with van der Waals surface area (Å²) in [5.74, 6) is -0.571. The normalized spacial score (nSPS) is 9.50. The molecule has 1 aromatic carbocycles. The Bertz CT molecular complexity index is 373. The van der Waals surface area contributed by atoms with Crippen LogP contribution in [0, 0.1) is 20.7 Å². The predicted octanol–water partition coefficient (Wildman–Crippen LogP) is 2.65. The van der Waals surface area contributed by atoms with Crippen molar-refractivity contribution in [2.75, 3.05) is 5.73 Å². The molecule has 2 nitrogen and oxygen atoms in total. The maximum absolute atomic E-state index is 13.1. The van der Waals surface area contributed by atoms with Gasteiger partial charge in [-0.05, 0) is 44.6 Å². The second-order valence-electron chi connectivity index (χ2n) is 2.06. The zero-order valence-electron chi connectivity index (χ0n) is 5.74. The third kappa shape index (κ3) is 1.54. The Morgan fingerprint density at radius 2 is 2.25 bits per heavy atom. The summed E-state index contributed by atoms with van der Waals surface area (Å²) < 4.78 is 13.8. The molecule has 0 radical (unpaired) electrons. The molecule has 0 amide bonds. The van der Waals surface area contributed by atoms with E-state index in [1.807, 2.05) is 28.7 Å². The Labute approximate surface area is 90.8 Å². The molecule has 0 atom stereocenters. The van der Waals surface area contributed by atoms with E-state index >= 15 is 0 Å². The molecular formula is C7H3BrFIN2. The number of rotatable bonds is 0. The van der Waals surface area contributed by atoms with Crippen LogP contribution in [0.15, 0.2) is 10.5 Å². The molecule has 0 aromatic heterocycles. The van der Waals surface area contributed by atoms with E-state index in [2.05, 4.69) is 15.9 Å². The number of hydrogen-bond acceptors (Lipinski definition) is 2. The molecule has 0 aliphatic rings. The Morgan fingerprint density at radius 1 is 1.67 bits per heavy atom. The fourth-order valence-electron chi connectivity index (χ4n) is 0.691. The standard InChI is InChI=1S/C7H3BrFIN2/c8-5-3(2-11)1-4(10)7(12)6(5)9/h1H,12H2. The maximum atomic E-state index is 13.1. The highest BCUT2D eigenvalue weighted by molar-refractivity contribution is 14.1. The van der Waals surface area contributed by atoms with Crippen LogP contribution >= 0.6 is 38.5 Å². The number of hydrogen-bond donors (Lipinski definition) is 1. The first-order valence-electron chi connectivity index (χ1n) is 2.91. The molecule has 1 aromatic rings. The zero-order chi connectivity index (χ0) is 9.30. The van der Waals surface area contributed by atoms with E-state index < -0.39 is 5.82 Å². The third-order valence-electron chi connectivity index (χ3n) is 1.31. The lowest BCUT2D eigenvalue weighted by molar-refractivity contribution is 0.624. The van der Waals surface area contributed by atoms with Gasteiger partial charge in [0.2, 0.25) is 0 Å². The number of nitrogens with two attached hydrogens (primary N) is 1. The van der Waals surface area contributed by atoms with Crippen LogP contribution in [-0.2, 0) is 0 Å². The number of nitriles is 1. The van der Waals surface area contributed by atoms with E-state index in [0.717, 1.165) is 0 Å². The largest absolute Gasteiger partial charge is 0.395 e. The van der Waals surface area contributed by atoms with Crippen molar-refractivity contribution in [2.45, 2.75) is 0 Å². The van der Waals surface area contributed by atoms with Gasteiger partial charge in [-0.1, -0.05) is 0 Å². The molecule has 0 spiro atoms. The number of nitrogens with zero attached hydrogens (tertiary/aromatic N) is 1. The first kappa shape index (κ1) is 9.74. The van der Waals surface area contributed by atoms with Crippen LogP contribution < -0.4 is 5.73 Å². The van der Waals surface area contributed by atoms with E-state index in [9.17, 15) is 4.39 Å². The fourth-order valence-corrected chi connectivity index (χ4v) is 1.66. The highest BCUT2D eigenvalue weighted by Crippen LogP contribution is 2.28. The molecule has 0 heterocycles. The molecule has 2 N–H and O–H groups in total. The van der Waals surface area contributed by atoms with Crippen LogP contribution in [0.1, 0.15) is 5.56 Å². The fraction of sp³-hybridized carbons (Fsp3) is 0. The van der Waals surface area contributed by atoms with Gasteiger partial charge in [0.05, 0.1) is 15.7 Å². The second-order valence-corrected chi connectivity index (χ2v) is 4.01. The van der Waals surface area contributed by atoms with Crippen molar-refractivity contribution in [1.29, 1.82) is 5.26 Å². The molecule has 0 aliphatic carbocycles. The summed E-state index contributed by atoms with van der Waals surface area (Å²) in [7, 11) is 0. The van der Waals surface area contributed by atoms with Gasteiger partial charge in [0.25, 0.3) is 0 Å². The van der Waals surface area contributed by atoms with Crippen molar-refractivity contribution >= 4 is 44.2 Å². The lowest BCUT2D eigenvalue weighted by atomic mass is 10.2. The van der Waals surface area contributed by atoms with Gasteiger partial charge in [-0.3, -0.25) is 0 Å². The monoisotopic (exact) mass is 340 g/mol. The molecule has 0 saturated heterocycles. The molecule has 12 heavy (non-hydrogen) atoms. The smallest absolute Gasteiger partial charge is 0.162 e. The minimum Gasteiger partial charge on any atom is -0.395 e. The second kappa shape index (κ2) is 3.58. The zero-order valence-corrected chi connectivity index (χ0v) is 9.48. The number of nitrogen functional groups attached to an aromatic ring is 1. The van der Waals surface area contributed by atoms with Crippen molar-refractivity contribution in [3.63, 3.8) is 0 Å². The Hall–Kier alpha value is -0.350. The van der Waals surface area contributed by atoms with E-state index in [-0.39, 0.29) is 15.7 Å². The third-order valence-corrected chi connectivity index (χ3v) is 2.98. The molecule has 0 saturated carbocycles. The van der Waals surface area contributed by atoms with Crippen LogP contribution in [0.2, 0.25) is 0 Å². The Kier molecular flexibility index (Phi) is 2.90. The Morgan fingerprint density at radius 3 is 2.75 bits per heavy atom. The minimum absolute atomic E-state index is 0.0708. The average Bonchev–Trinajstić information content (AvgIpc) is 2.08. The van der Waals surface area contributed by atoms with Gasteiger partial charge < -0.3 is 5.73 Å². The summed E-state index contributed by atoms with van der Waals surface area (Å²) in [6.07, 6.45) is 0. The van der Waals surface area contributed by atoms with Crippen LogP contribution in [-0.4, -0.2) is 0 Å². The summed E-state index contributed by atoms with van der Waals surface area (Å²) in [6.45, 7) is 0. The maximum Gasteiger partial charge on any atom is 0.162 e. The van der Waals surface area contributed by atoms with Crippen LogP contribution in [0.4, 0.5) is 10.1 Å². The number of halogens is 3. The van der Waals surface area contributed by atoms with Crippen LogP contribution in [0.25, 0.3) is 0 Å². The van der Waals surface area contributed by atoms with Crippen molar-refractivity contribution in [3.05, 3.63) is 25.5 Å². The highest BCUT2D eigenvalue weighted by Gasteiger charge is 2.12. The Balaban J connectivity index is 3.52. The molecule has 5 heteroatoms. The van der Waals surface area contributed by atoms with Crippen molar-refractivity contribution in [2.24, 2.45) is 0 Å². The average molecular weight is 341 g/mol. The van der Waals surface area contributed by atoms with E-state index in [4.69, 9.17) is 11.0 Å². The number of benzene rings is 1. The van der Waals surface area contributed by atoms with Gasteiger partial charge in [0.1, 0.15) is 6.07 Å². The molecule has 0 fully saturated rings. The van der Waals surface area contributed by atoms with Crippen molar-refractivity contribution in [1.82, 2.24) is 0 Å². The quantitative estimate of drug-likeness (QED) is 0.448. The van der Waals surface area contributed by atoms with Crippen LogP contribution in [0.3, 0.4) is 0 Å². The topological polar surface area (TPSA) is 49.8 Å². The van der Waals surface area contributed by atoms with Crippen molar-refractivity contribution < 1.29 is 4.39 Å². The summed E-state index contributed by atoms with van der Waals surface area (Å²) >= 11 is 4.82. The van der Waals surface area contributed by atoms with Gasteiger partial charge in [0, 0.05) is 3.57 Å². The summed E-state index contributed by atoms with van der Waals surface area (Å²) in [5, 5.41) is 8.57. The van der Waals surface area contributed by atoms with E-state index in [1.54, 1.807) is 0 Å². The molecule has 0 aliphatic heterocycles.